The van der Waals surface area contributed by atoms with E-state index >= 15 is 0 Å². The highest BCUT2D eigenvalue weighted by molar-refractivity contribution is 7.90. The van der Waals surface area contributed by atoms with Crippen molar-refractivity contribution in [2.24, 2.45) is 0 Å². The summed E-state index contributed by atoms with van der Waals surface area (Å²) in [6.45, 7) is 3.78. The summed E-state index contributed by atoms with van der Waals surface area (Å²) in [6, 6.07) is 7.60. The molecule has 0 atom stereocenters. The Bertz CT molecular complexity index is 444. The summed E-state index contributed by atoms with van der Waals surface area (Å²) in [5, 5.41) is 0. The first-order valence-corrected chi connectivity index (χ1v) is 6.73. The van der Waals surface area contributed by atoms with Gasteiger partial charge in [-0.1, -0.05) is 42.0 Å². The molecule has 1 aromatic rings. The van der Waals surface area contributed by atoms with Gasteiger partial charge in [-0.25, -0.2) is 8.42 Å². The minimum Gasteiger partial charge on any atom is -0.228 e. The molecule has 0 aliphatic carbocycles. The van der Waals surface area contributed by atoms with Crippen molar-refractivity contribution in [3.8, 4) is 0 Å². The minimum atomic E-state index is -3.00. The molecule has 2 nitrogen and oxygen atoms in total. The van der Waals surface area contributed by atoms with Crippen molar-refractivity contribution >= 4 is 9.84 Å². The highest BCUT2D eigenvalue weighted by Gasteiger charge is 2.09. The summed E-state index contributed by atoms with van der Waals surface area (Å²) in [5.74, 6) is 0.246. The van der Waals surface area contributed by atoms with E-state index in [0.29, 0.717) is 0 Å². The molecule has 0 spiro atoms. The molecule has 0 amide bonds. The first kappa shape index (κ1) is 12.0. The Morgan fingerprint density at radius 2 is 2.07 bits per heavy atom. The maximum absolute atomic E-state index is 11.6. The first-order chi connectivity index (χ1) is 7.03. The second-order valence-electron chi connectivity index (χ2n) is 3.61. The predicted octanol–water partition coefficient (Wildman–Crippen LogP) is 2.49. The molecule has 0 fully saturated rings. The Kier molecular flexibility index (Phi) is 4.09. The van der Waals surface area contributed by atoms with Gasteiger partial charge in [0.25, 0.3) is 0 Å². The number of allylic oxidation sites excluding steroid dienone is 1. The molecule has 0 aromatic heterocycles. The fourth-order valence-corrected chi connectivity index (χ4v) is 2.65. The van der Waals surface area contributed by atoms with Crippen molar-refractivity contribution in [1.82, 2.24) is 0 Å². The zero-order chi connectivity index (χ0) is 11.3. The van der Waals surface area contributed by atoms with Gasteiger partial charge in [0.2, 0.25) is 0 Å². The van der Waals surface area contributed by atoms with E-state index in [4.69, 9.17) is 0 Å². The molecule has 0 aliphatic rings. The lowest BCUT2D eigenvalue weighted by Crippen LogP contribution is -2.07. The van der Waals surface area contributed by atoms with Gasteiger partial charge < -0.3 is 0 Å². The molecule has 0 unspecified atom stereocenters. The number of hydrogen-bond acceptors (Lipinski definition) is 2. The van der Waals surface area contributed by atoms with E-state index in [1.54, 1.807) is 12.2 Å². The Morgan fingerprint density at radius 1 is 1.33 bits per heavy atom. The molecule has 0 heterocycles. The van der Waals surface area contributed by atoms with Crippen LogP contribution in [-0.4, -0.2) is 14.2 Å². The average Bonchev–Trinajstić information content (AvgIpc) is 2.14. The summed E-state index contributed by atoms with van der Waals surface area (Å²) in [4.78, 5) is 0. The van der Waals surface area contributed by atoms with E-state index in [1.165, 1.54) is 0 Å². The van der Waals surface area contributed by atoms with Crippen LogP contribution in [0.5, 0.6) is 0 Å². The number of sulfone groups is 1. The summed E-state index contributed by atoms with van der Waals surface area (Å²) in [7, 11) is -3.00. The molecule has 0 aliphatic heterocycles. The van der Waals surface area contributed by atoms with Crippen LogP contribution >= 0.6 is 0 Å². The van der Waals surface area contributed by atoms with Gasteiger partial charge in [-0.05, 0) is 19.4 Å². The Balaban J connectivity index is 2.77. The molecule has 82 valence electrons. The summed E-state index contributed by atoms with van der Waals surface area (Å²) in [5.41, 5.74) is 1.95. The fraction of sp³-hybridized carbons (Fsp3) is 0.333. The lowest BCUT2D eigenvalue weighted by molar-refractivity contribution is 0.598. The van der Waals surface area contributed by atoms with Crippen molar-refractivity contribution < 1.29 is 8.42 Å². The van der Waals surface area contributed by atoms with Gasteiger partial charge in [0, 0.05) is 0 Å². The highest BCUT2D eigenvalue weighted by Crippen LogP contribution is 2.09. The molecular formula is C12H16O2S. The van der Waals surface area contributed by atoms with Crippen LogP contribution in [0, 0.1) is 6.92 Å². The second kappa shape index (κ2) is 5.12. The normalized spacial score (nSPS) is 12.1. The highest BCUT2D eigenvalue weighted by atomic mass is 32.2. The van der Waals surface area contributed by atoms with Gasteiger partial charge in [-0.15, -0.1) is 0 Å². The number of hydrogen-bond donors (Lipinski definition) is 0. The van der Waals surface area contributed by atoms with Crippen LogP contribution in [0.15, 0.2) is 36.4 Å². The standard InChI is InChI=1S/C12H16O2S/c1-3-4-8-15(13,14)10-12-7-5-6-11(2)9-12/h3-7,9H,8,10H2,1-2H3. The van der Waals surface area contributed by atoms with Crippen molar-refractivity contribution in [3.05, 3.63) is 47.5 Å². The monoisotopic (exact) mass is 224 g/mol. The third-order valence-electron chi connectivity index (χ3n) is 2.05. The lowest BCUT2D eigenvalue weighted by atomic mass is 10.2. The Labute approximate surface area is 91.6 Å². The van der Waals surface area contributed by atoms with E-state index < -0.39 is 9.84 Å². The molecular weight excluding hydrogens is 208 g/mol. The molecule has 0 bridgehead atoms. The Hall–Kier alpha value is -1.09. The maximum atomic E-state index is 11.6. The van der Waals surface area contributed by atoms with Gasteiger partial charge in [0.15, 0.2) is 9.84 Å². The van der Waals surface area contributed by atoms with E-state index in [0.717, 1.165) is 11.1 Å². The van der Waals surface area contributed by atoms with Crippen LogP contribution in [0.25, 0.3) is 0 Å². The van der Waals surface area contributed by atoms with E-state index in [1.807, 2.05) is 38.1 Å². The van der Waals surface area contributed by atoms with Gasteiger partial charge >= 0.3 is 0 Å². The van der Waals surface area contributed by atoms with Crippen LogP contribution in [-0.2, 0) is 15.6 Å². The summed E-state index contributed by atoms with van der Waals surface area (Å²) >= 11 is 0. The quantitative estimate of drug-likeness (QED) is 0.736. The molecule has 0 saturated carbocycles. The van der Waals surface area contributed by atoms with Crippen LogP contribution in [0.1, 0.15) is 18.1 Å². The van der Waals surface area contributed by atoms with Crippen molar-refractivity contribution in [2.45, 2.75) is 19.6 Å². The molecule has 1 rings (SSSR count). The van der Waals surface area contributed by atoms with Gasteiger partial charge in [-0.3, -0.25) is 0 Å². The molecule has 0 N–H and O–H groups in total. The third-order valence-corrected chi connectivity index (χ3v) is 3.53. The first-order valence-electron chi connectivity index (χ1n) is 4.90. The number of aryl methyl sites for hydroxylation is 1. The van der Waals surface area contributed by atoms with Crippen LogP contribution in [0.3, 0.4) is 0 Å². The largest absolute Gasteiger partial charge is 0.228 e. The zero-order valence-corrected chi connectivity index (χ0v) is 9.92. The van der Waals surface area contributed by atoms with Crippen LogP contribution in [0.4, 0.5) is 0 Å². The Morgan fingerprint density at radius 3 is 2.67 bits per heavy atom. The topological polar surface area (TPSA) is 34.1 Å². The SMILES string of the molecule is CC=CCS(=O)(=O)Cc1cccc(C)c1. The van der Waals surface area contributed by atoms with Gasteiger partial charge in [-0.2, -0.15) is 0 Å². The molecule has 3 heteroatoms. The molecule has 1 aromatic carbocycles. The zero-order valence-electron chi connectivity index (χ0n) is 9.10. The number of benzene rings is 1. The molecule has 0 saturated heterocycles. The maximum Gasteiger partial charge on any atom is 0.157 e. The van der Waals surface area contributed by atoms with Crippen LogP contribution < -0.4 is 0 Å². The summed E-state index contributed by atoms with van der Waals surface area (Å²) < 4.78 is 23.2. The predicted molar refractivity (Wildman–Crippen MR) is 63.5 cm³/mol. The van der Waals surface area contributed by atoms with Crippen LogP contribution in [0.2, 0.25) is 0 Å². The third kappa shape index (κ3) is 4.30. The van der Waals surface area contributed by atoms with E-state index in [2.05, 4.69) is 0 Å². The second-order valence-corrected chi connectivity index (χ2v) is 5.72. The smallest absolute Gasteiger partial charge is 0.157 e. The fourth-order valence-electron chi connectivity index (χ4n) is 1.36. The van der Waals surface area contributed by atoms with Crippen molar-refractivity contribution in [2.75, 3.05) is 5.75 Å². The average molecular weight is 224 g/mol. The minimum absolute atomic E-state index is 0.122. The van der Waals surface area contributed by atoms with Gasteiger partial charge in [0.05, 0.1) is 11.5 Å². The van der Waals surface area contributed by atoms with E-state index in [9.17, 15) is 8.42 Å². The molecule has 0 radical (unpaired) electrons. The lowest BCUT2D eigenvalue weighted by Gasteiger charge is -2.02. The molecule has 15 heavy (non-hydrogen) atoms. The number of rotatable bonds is 4. The van der Waals surface area contributed by atoms with E-state index in [-0.39, 0.29) is 11.5 Å². The summed E-state index contributed by atoms with van der Waals surface area (Å²) in [6.07, 6.45) is 3.43. The van der Waals surface area contributed by atoms with Crippen molar-refractivity contribution in [1.29, 1.82) is 0 Å². The van der Waals surface area contributed by atoms with Crippen molar-refractivity contribution in [3.63, 3.8) is 0 Å². The van der Waals surface area contributed by atoms with Gasteiger partial charge in [0.1, 0.15) is 0 Å².